The number of nitro groups is 1. The molecule has 1 saturated heterocycles. The molecule has 1 aromatic carbocycles. The number of carbonyl (C=O) groups excluding carboxylic acids is 2. The van der Waals surface area contributed by atoms with Crippen LogP contribution in [0.15, 0.2) is 42.5 Å². The smallest absolute Gasteiger partial charge is 0.366 e. The third-order valence-corrected chi connectivity index (χ3v) is 5.53. The van der Waals surface area contributed by atoms with Crippen LogP contribution in [-0.4, -0.2) is 46.3 Å². The van der Waals surface area contributed by atoms with E-state index in [1.54, 1.807) is 29.2 Å². The minimum Gasteiger partial charge on any atom is -0.469 e. The van der Waals surface area contributed by atoms with Crippen molar-refractivity contribution in [3.63, 3.8) is 0 Å². The molecule has 1 unspecified atom stereocenters. The number of fused-ring (bicyclic) bond motifs is 1. The SMILES string of the molecule is CC1CCN(C(=O)CN2C(=O)C(c3ccccc3)Oc3ccc([N+](=O)[O-])nc32)CC1. The van der Waals surface area contributed by atoms with Gasteiger partial charge in [0.2, 0.25) is 12.0 Å². The Kier molecular flexibility index (Phi) is 5.35. The monoisotopic (exact) mass is 410 g/mol. The number of nitrogens with zero attached hydrogens (tertiary/aromatic N) is 4. The third kappa shape index (κ3) is 3.83. The van der Waals surface area contributed by atoms with Gasteiger partial charge in [0.05, 0.1) is 0 Å². The first-order valence-electron chi connectivity index (χ1n) is 9.90. The first-order valence-corrected chi connectivity index (χ1v) is 9.90. The zero-order chi connectivity index (χ0) is 21.3. The van der Waals surface area contributed by atoms with Crippen LogP contribution in [-0.2, 0) is 9.59 Å². The summed E-state index contributed by atoms with van der Waals surface area (Å²) in [5.41, 5.74) is 0.635. The molecule has 0 saturated carbocycles. The highest BCUT2D eigenvalue weighted by molar-refractivity contribution is 6.03. The van der Waals surface area contributed by atoms with Gasteiger partial charge in [-0.25, -0.2) is 0 Å². The van der Waals surface area contributed by atoms with Gasteiger partial charge in [0.15, 0.2) is 5.75 Å². The normalized spacial score (nSPS) is 19.2. The van der Waals surface area contributed by atoms with Crippen LogP contribution in [0.1, 0.15) is 31.4 Å². The largest absolute Gasteiger partial charge is 0.469 e. The molecule has 30 heavy (non-hydrogen) atoms. The molecule has 4 rings (SSSR count). The van der Waals surface area contributed by atoms with Gasteiger partial charge in [-0.05, 0) is 34.7 Å². The molecule has 9 nitrogen and oxygen atoms in total. The van der Waals surface area contributed by atoms with Crippen LogP contribution in [0.5, 0.6) is 5.75 Å². The molecule has 2 amide bonds. The molecule has 0 bridgehead atoms. The van der Waals surface area contributed by atoms with Crippen LogP contribution < -0.4 is 9.64 Å². The number of likely N-dealkylation sites (tertiary alicyclic amines) is 1. The Morgan fingerprint density at radius 1 is 1.20 bits per heavy atom. The zero-order valence-corrected chi connectivity index (χ0v) is 16.6. The number of anilines is 1. The Balaban J connectivity index is 1.67. The maximum atomic E-state index is 13.3. The fraction of sp³-hybridized carbons (Fsp3) is 0.381. The number of pyridine rings is 1. The summed E-state index contributed by atoms with van der Waals surface area (Å²) in [5, 5.41) is 11.2. The van der Waals surface area contributed by atoms with Crippen molar-refractivity contribution < 1.29 is 19.2 Å². The Morgan fingerprint density at radius 3 is 2.57 bits per heavy atom. The fourth-order valence-electron chi connectivity index (χ4n) is 3.72. The van der Waals surface area contributed by atoms with E-state index in [-0.39, 0.29) is 24.0 Å². The molecule has 0 spiro atoms. The van der Waals surface area contributed by atoms with Gasteiger partial charge in [-0.2, -0.15) is 0 Å². The molecule has 2 aromatic rings. The van der Waals surface area contributed by atoms with E-state index in [1.807, 2.05) is 6.07 Å². The van der Waals surface area contributed by atoms with Gasteiger partial charge in [-0.1, -0.05) is 37.3 Å². The van der Waals surface area contributed by atoms with Crippen molar-refractivity contribution in [2.75, 3.05) is 24.5 Å². The van der Waals surface area contributed by atoms with E-state index in [4.69, 9.17) is 4.74 Å². The van der Waals surface area contributed by atoms with E-state index in [0.717, 1.165) is 12.8 Å². The van der Waals surface area contributed by atoms with Crippen LogP contribution in [0, 0.1) is 16.0 Å². The highest BCUT2D eigenvalue weighted by Gasteiger charge is 2.41. The number of hydrogen-bond acceptors (Lipinski definition) is 6. The van der Waals surface area contributed by atoms with Crippen molar-refractivity contribution >= 4 is 23.5 Å². The van der Waals surface area contributed by atoms with E-state index in [1.165, 1.54) is 17.0 Å². The highest BCUT2D eigenvalue weighted by atomic mass is 16.6. The molecule has 1 aromatic heterocycles. The second kappa shape index (κ2) is 8.10. The van der Waals surface area contributed by atoms with Crippen LogP contribution in [0.2, 0.25) is 0 Å². The number of carbonyl (C=O) groups is 2. The number of hydrogen-bond donors (Lipinski definition) is 0. The van der Waals surface area contributed by atoms with Gasteiger partial charge in [0.25, 0.3) is 11.7 Å². The second-order valence-corrected chi connectivity index (χ2v) is 7.64. The average molecular weight is 410 g/mol. The van der Waals surface area contributed by atoms with Crippen LogP contribution in [0.3, 0.4) is 0 Å². The van der Waals surface area contributed by atoms with Gasteiger partial charge in [0, 0.05) is 24.7 Å². The molecule has 1 atom stereocenters. The van der Waals surface area contributed by atoms with E-state index >= 15 is 0 Å². The second-order valence-electron chi connectivity index (χ2n) is 7.64. The lowest BCUT2D eigenvalue weighted by Gasteiger charge is -2.34. The number of ether oxygens (including phenoxy) is 1. The lowest BCUT2D eigenvalue weighted by Crippen LogP contribution is -2.49. The zero-order valence-electron chi connectivity index (χ0n) is 16.6. The molecule has 9 heteroatoms. The van der Waals surface area contributed by atoms with Gasteiger partial charge in [-0.15, -0.1) is 0 Å². The van der Waals surface area contributed by atoms with E-state index in [0.29, 0.717) is 24.6 Å². The number of aromatic nitrogens is 1. The maximum Gasteiger partial charge on any atom is 0.366 e. The summed E-state index contributed by atoms with van der Waals surface area (Å²) < 4.78 is 5.84. The Hall–Kier alpha value is -3.49. The lowest BCUT2D eigenvalue weighted by atomic mass is 9.99. The molecule has 2 aliphatic heterocycles. The van der Waals surface area contributed by atoms with E-state index in [2.05, 4.69) is 11.9 Å². The lowest BCUT2D eigenvalue weighted by molar-refractivity contribution is -0.389. The quantitative estimate of drug-likeness (QED) is 0.567. The van der Waals surface area contributed by atoms with Gasteiger partial charge in [-0.3, -0.25) is 14.5 Å². The summed E-state index contributed by atoms with van der Waals surface area (Å²) >= 11 is 0. The molecule has 2 aliphatic rings. The molecule has 3 heterocycles. The summed E-state index contributed by atoms with van der Waals surface area (Å²) in [6, 6.07) is 11.6. The van der Waals surface area contributed by atoms with Crippen molar-refractivity contribution in [3.05, 3.63) is 58.1 Å². The maximum absolute atomic E-state index is 13.3. The Morgan fingerprint density at radius 2 is 1.90 bits per heavy atom. The number of rotatable bonds is 4. The number of amides is 2. The predicted molar refractivity (Wildman–Crippen MR) is 108 cm³/mol. The van der Waals surface area contributed by atoms with Crippen molar-refractivity contribution in [1.29, 1.82) is 0 Å². The van der Waals surface area contributed by atoms with E-state index < -0.39 is 22.8 Å². The molecule has 0 N–H and O–H groups in total. The van der Waals surface area contributed by atoms with Gasteiger partial charge < -0.3 is 19.8 Å². The summed E-state index contributed by atoms with van der Waals surface area (Å²) in [4.78, 5) is 43.7. The van der Waals surface area contributed by atoms with Crippen LogP contribution in [0.4, 0.5) is 11.6 Å². The summed E-state index contributed by atoms with van der Waals surface area (Å²) in [5.74, 6) is -0.294. The summed E-state index contributed by atoms with van der Waals surface area (Å²) in [6.07, 6.45) is 0.877. The van der Waals surface area contributed by atoms with Crippen molar-refractivity contribution in [2.24, 2.45) is 5.92 Å². The molecule has 1 fully saturated rings. The van der Waals surface area contributed by atoms with Crippen LogP contribution in [0.25, 0.3) is 0 Å². The summed E-state index contributed by atoms with van der Waals surface area (Å²) in [6.45, 7) is 3.18. The number of piperidine rings is 1. The topological polar surface area (TPSA) is 106 Å². The molecule has 0 radical (unpaired) electrons. The molecular weight excluding hydrogens is 388 g/mol. The molecule has 0 aliphatic carbocycles. The van der Waals surface area contributed by atoms with Crippen LogP contribution >= 0.6 is 0 Å². The average Bonchev–Trinajstić information content (AvgIpc) is 2.76. The summed E-state index contributed by atoms with van der Waals surface area (Å²) in [7, 11) is 0. The standard InChI is InChI=1S/C21H22N4O5/c1-14-9-11-23(12-10-14)18(26)13-24-20-16(7-8-17(22-20)25(28)29)30-19(21(24)27)15-5-3-2-4-6-15/h2-8,14,19H,9-13H2,1H3. The first kappa shape index (κ1) is 19.8. The highest BCUT2D eigenvalue weighted by Crippen LogP contribution is 2.38. The fourth-order valence-corrected chi connectivity index (χ4v) is 3.72. The minimum absolute atomic E-state index is 0.000101. The Labute approximate surface area is 173 Å². The molecule has 156 valence electrons. The van der Waals surface area contributed by atoms with Gasteiger partial charge >= 0.3 is 5.82 Å². The molecular formula is C21H22N4O5. The van der Waals surface area contributed by atoms with Crippen molar-refractivity contribution in [3.8, 4) is 5.75 Å². The minimum atomic E-state index is -0.948. The number of benzene rings is 1. The van der Waals surface area contributed by atoms with Gasteiger partial charge in [0.1, 0.15) is 6.54 Å². The Bertz CT molecular complexity index is 973. The first-order chi connectivity index (χ1) is 14.4. The predicted octanol–water partition coefficient (Wildman–Crippen LogP) is 2.72. The third-order valence-electron chi connectivity index (χ3n) is 5.53. The van der Waals surface area contributed by atoms with Crippen molar-refractivity contribution in [1.82, 2.24) is 9.88 Å². The van der Waals surface area contributed by atoms with Crippen molar-refractivity contribution in [2.45, 2.75) is 25.9 Å². The van der Waals surface area contributed by atoms with E-state index in [9.17, 15) is 19.7 Å².